The van der Waals surface area contributed by atoms with Gasteiger partial charge in [-0.3, -0.25) is 0 Å². The maximum atomic E-state index is 5.68. The molecule has 2 heterocycles. The molecule has 0 saturated carbocycles. The summed E-state index contributed by atoms with van der Waals surface area (Å²) in [6, 6.07) is 0. The number of nitrogens with one attached hydrogen (secondary N) is 1. The van der Waals surface area contributed by atoms with Crippen molar-refractivity contribution in [3.63, 3.8) is 0 Å². The highest BCUT2D eigenvalue weighted by molar-refractivity contribution is 4.74. The Kier molecular flexibility index (Phi) is 6.46. The molecule has 3 heteroatoms. The van der Waals surface area contributed by atoms with Crippen molar-refractivity contribution in [2.45, 2.75) is 51.6 Å². The van der Waals surface area contributed by atoms with E-state index in [-0.39, 0.29) is 0 Å². The molecule has 0 aromatic heterocycles. The zero-order valence-electron chi connectivity index (χ0n) is 12.0. The third kappa shape index (κ3) is 4.87. The van der Waals surface area contributed by atoms with Crippen molar-refractivity contribution >= 4 is 0 Å². The first-order valence-electron chi connectivity index (χ1n) is 7.93. The van der Waals surface area contributed by atoms with E-state index in [0.717, 1.165) is 19.1 Å². The fourth-order valence-corrected chi connectivity index (χ4v) is 3.18. The molecule has 2 saturated heterocycles. The number of likely N-dealkylation sites (tertiary alicyclic amines) is 1. The van der Waals surface area contributed by atoms with Gasteiger partial charge in [-0.2, -0.15) is 0 Å². The van der Waals surface area contributed by atoms with Gasteiger partial charge in [-0.15, -0.1) is 0 Å². The van der Waals surface area contributed by atoms with Crippen molar-refractivity contribution in [1.82, 2.24) is 10.2 Å². The number of hydrogen-bond acceptors (Lipinski definition) is 3. The van der Waals surface area contributed by atoms with Crippen molar-refractivity contribution in [2.75, 3.05) is 39.3 Å². The lowest BCUT2D eigenvalue weighted by molar-refractivity contribution is 0.0959. The lowest BCUT2D eigenvalue weighted by Crippen LogP contribution is -2.37. The van der Waals surface area contributed by atoms with Crippen molar-refractivity contribution < 1.29 is 4.74 Å². The monoisotopic (exact) mass is 254 g/mol. The molecule has 3 nitrogen and oxygen atoms in total. The third-order valence-electron chi connectivity index (χ3n) is 4.41. The first kappa shape index (κ1) is 14.3. The Morgan fingerprint density at radius 3 is 2.72 bits per heavy atom. The number of hydrogen-bond donors (Lipinski definition) is 1. The maximum absolute atomic E-state index is 5.68. The Labute approximate surface area is 112 Å². The van der Waals surface area contributed by atoms with Crippen LogP contribution in [0.25, 0.3) is 0 Å². The van der Waals surface area contributed by atoms with Crippen LogP contribution in [-0.4, -0.2) is 50.3 Å². The highest BCUT2D eigenvalue weighted by atomic mass is 16.5. The Morgan fingerprint density at radius 1 is 1.22 bits per heavy atom. The minimum absolute atomic E-state index is 0.580. The summed E-state index contributed by atoms with van der Waals surface area (Å²) < 4.78 is 5.68. The van der Waals surface area contributed by atoms with Crippen molar-refractivity contribution in [1.29, 1.82) is 0 Å². The Hall–Kier alpha value is -0.120. The molecule has 0 bridgehead atoms. The quantitative estimate of drug-likeness (QED) is 0.754. The second kappa shape index (κ2) is 8.13. The lowest BCUT2D eigenvalue weighted by Gasteiger charge is -2.32. The molecular formula is C15H30N2O. The van der Waals surface area contributed by atoms with Gasteiger partial charge in [0.15, 0.2) is 0 Å². The second-order valence-electron chi connectivity index (χ2n) is 5.87. The number of rotatable bonds is 7. The first-order chi connectivity index (χ1) is 8.88. The molecule has 0 aromatic carbocycles. The van der Waals surface area contributed by atoms with E-state index in [1.807, 2.05) is 0 Å². The van der Waals surface area contributed by atoms with Gasteiger partial charge in [-0.1, -0.05) is 6.92 Å². The van der Waals surface area contributed by atoms with Gasteiger partial charge in [0.2, 0.25) is 0 Å². The van der Waals surface area contributed by atoms with E-state index in [0.29, 0.717) is 6.10 Å². The van der Waals surface area contributed by atoms with Crippen molar-refractivity contribution in [3.05, 3.63) is 0 Å². The average Bonchev–Trinajstić information content (AvgIpc) is 2.91. The molecule has 106 valence electrons. The summed E-state index contributed by atoms with van der Waals surface area (Å²) in [7, 11) is 0. The van der Waals surface area contributed by atoms with Gasteiger partial charge >= 0.3 is 0 Å². The van der Waals surface area contributed by atoms with Crippen molar-refractivity contribution in [3.8, 4) is 0 Å². The molecule has 0 spiro atoms. The van der Waals surface area contributed by atoms with Crippen LogP contribution in [0.5, 0.6) is 0 Å². The Morgan fingerprint density at radius 2 is 2.06 bits per heavy atom. The second-order valence-corrected chi connectivity index (χ2v) is 5.87. The zero-order valence-corrected chi connectivity index (χ0v) is 12.0. The molecule has 0 radical (unpaired) electrons. The van der Waals surface area contributed by atoms with Crippen LogP contribution in [0.1, 0.15) is 45.4 Å². The number of piperidine rings is 1. The highest BCUT2D eigenvalue weighted by Gasteiger charge is 2.19. The van der Waals surface area contributed by atoms with Gasteiger partial charge in [0, 0.05) is 6.61 Å². The molecule has 2 aliphatic rings. The first-order valence-corrected chi connectivity index (χ1v) is 7.93. The molecule has 2 fully saturated rings. The SMILES string of the molecule is CCNCC1CCN(CCCC2CCCO2)CC1. The molecule has 0 aromatic rings. The fraction of sp³-hybridized carbons (Fsp3) is 1.00. The van der Waals surface area contributed by atoms with Crippen LogP contribution < -0.4 is 5.32 Å². The molecule has 1 unspecified atom stereocenters. The van der Waals surface area contributed by atoms with E-state index >= 15 is 0 Å². The molecule has 1 N–H and O–H groups in total. The van der Waals surface area contributed by atoms with E-state index in [2.05, 4.69) is 17.1 Å². The van der Waals surface area contributed by atoms with Gasteiger partial charge < -0.3 is 15.0 Å². The molecule has 18 heavy (non-hydrogen) atoms. The Balaban J connectivity index is 1.50. The van der Waals surface area contributed by atoms with Gasteiger partial charge in [-0.05, 0) is 77.2 Å². The molecule has 1 atom stereocenters. The molecule has 0 amide bonds. The van der Waals surface area contributed by atoms with Crippen LogP contribution in [0.15, 0.2) is 0 Å². The van der Waals surface area contributed by atoms with E-state index in [1.54, 1.807) is 0 Å². The average molecular weight is 254 g/mol. The summed E-state index contributed by atoms with van der Waals surface area (Å²) in [5.41, 5.74) is 0. The smallest absolute Gasteiger partial charge is 0.0576 e. The van der Waals surface area contributed by atoms with Crippen LogP contribution in [0.3, 0.4) is 0 Å². The Bertz CT molecular complexity index is 209. The lowest BCUT2D eigenvalue weighted by atomic mass is 9.96. The predicted molar refractivity (Wildman–Crippen MR) is 75.9 cm³/mol. The highest BCUT2D eigenvalue weighted by Crippen LogP contribution is 2.19. The van der Waals surface area contributed by atoms with Crippen LogP contribution in [0.2, 0.25) is 0 Å². The van der Waals surface area contributed by atoms with E-state index in [4.69, 9.17) is 4.74 Å². The summed E-state index contributed by atoms with van der Waals surface area (Å²) >= 11 is 0. The van der Waals surface area contributed by atoms with E-state index in [1.165, 1.54) is 64.7 Å². The van der Waals surface area contributed by atoms with E-state index < -0.39 is 0 Å². The molecule has 2 rings (SSSR count). The van der Waals surface area contributed by atoms with Gasteiger partial charge in [0.1, 0.15) is 0 Å². The van der Waals surface area contributed by atoms with Gasteiger partial charge in [0.05, 0.1) is 6.10 Å². The summed E-state index contributed by atoms with van der Waals surface area (Å²) in [6.45, 7) is 9.43. The largest absolute Gasteiger partial charge is 0.378 e. The van der Waals surface area contributed by atoms with Crippen molar-refractivity contribution in [2.24, 2.45) is 5.92 Å². The minimum Gasteiger partial charge on any atom is -0.378 e. The number of nitrogens with zero attached hydrogens (tertiary/aromatic N) is 1. The van der Waals surface area contributed by atoms with Gasteiger partial charge in [0.25, 0.3) is 0 Å². The van der Waals surface area contributed by atoms with Crippen LogP contribution in [0.4, 0.5) is 0 Å². The summed E-state index contributed by atoms with van der Waals surface area (Å²) in [4.78, 5) is 2.65. The predicted octanol–water partition coefficient (Wildman–Crippen LogP) is 2.27. The maximum Gasteiger partial charge on any atom is 0.0576 e. The summed E-state index contributed by atoms with van der Waals surface area (Å²) in [5.74, 6) is 0.916. The standard InChI is InChI=1S/C15H30N2O/c1-2-16-13-14-7-10-17(11-8-14)9-3-5-15-6-4-12-18-15/h14-16H,2-13H2,1H3. The third-order valence-corrected chi connectivity index (χ3v) is 4.41. The fourth-order valence-electron chi connectivity index (χ4n) is 3.18. The van der Waals surface area contributed by atoms with Crippen LogP contribution in [0, 0.1) is 5.92 Å². The molecule has 2 aliphatic heterocycles. The summed E-state index contributed by atoms with van der Waals surface area (Å²) in [5, 5.41) is 3.48. The molecule has 0 aliphatic carbocycles. The van der Waals surface area contributed by atoms with Gasteiger partial charge in [-0.25, -0.2) is 0 Å². The summed E-state index contributed by atoms with van der Waals surface area (Å²) in [6.07, 6.45) is 8.52. The van der Waals surface area contributed by atoms with Crippen LogP contribution in [-0.2, 0) is 4.74 Å². The number of ether oxygens (including phenoxy) is 1. The topological polar surface area (TPSA) is 24.5 Å². The zero-order chi connectivity index (χ0) is 12.6. The molecular weight excluding hydrogens is 224 g/mol. The minimum atomic E-state index is 0.580. The normalized spacial score (nSPS) is 26.8. The van der Waals surface area contributed by atoms with E-state index in [9.17, 15) is 0 Å². The van der Waals surface area contributed by atoms with Crippen LogP contribution >= 0.6 is 0 Å².